The number of rotatable bonds is 5. The summed E-state index contributed by atoms with van der Waals surface area (Å²) in [7, 11) is 1.71. The molecule has 1 aliphatic rings. The van der Waals surface area contributed by atoms with Crippen molar-refractivity contribution in [2.24, 2.45) is 0 Å². The van der Waals surface area contributed by atoms with E-state index in [4.69, 9.17) is 4.65 Å². The van der Waals surface area contributed by atoms with Crippen LogP contribution in [-0.2, 0) is 9.45 Å². The maximum Gasteiger partial charge on any atom is 0.257 e. The summed E-state index contributed by atoms with van der Waals surface area (Å²) in [6.07, 6.45) is 13.1. The lowest BCUT2D eigenvalue weighted by atomic mass is 9.86. The summed E-state index contributed by atoms with van der Waals surface area (Å²) in [5.41, 5.74) is 6.30. The molecule has 0 amide bonds. The Morgan fingerprint density at radius 2 is 1.21 bits per heavy atom. The van der Waals surface area contributed by atoms with Crippen molar-refractivity contribution >= 4 is 26.0 Å². The van der Waals surface area contributed by atoms with Gasteiger partial charge in [0.1, 0.15) is 0 Å². The molecule has 3 rings (SSSR count). The molecule has 0 N–H and O–H groups in total. The summed E-state index contributed by atoms with van der Waals surface area (Å²) < 4.78 is 5.57. The van der Waals surface area contributed by atoms with E-state index in [1.165, 1.54) is 11.1 Å². The highest BCUT2D eigenvalue weighted by Crippen LogP contribution is 2.27. The number of aryl methyl sites for hydroxylation is 2. The maximum absolute atomic E-state index is 12.9. The van der Waals surface area contributed by atoms with Gasteiger partial charge in [-0.2, -0.15) is 0 Å². The molecule has 0 aromatic heterocycles. The number of carbonyl (C=O) groups excluding carboxylic acids is 1. The highest BCUT2D eigenvalue weighted by atomic mass is 16.4. The zero-order valence-corrected chi connectivity index (χ0v) is 17.4. The number of allylic oxidation sites excluding steroid dienone is 4. The second-order valence-electron chi connectivity index (χ2n) is 7.52. The van der Waals surface area contributed by atoms with E-state index in [2.05, 4.69) is 62.4 Å². The fourth-order valence-electron chi connectivity index (χ4n) is 3.31. The molecule has 29 heavy (non-hydrogen) atoms. The van der Waals surface area contributed by atoms with Crippen LogP contribution in [0.15, 0.2) is 84.0 Å². The highest BCUT2D eigenvalue weighted by Gasteiger charge is 2.26. The third-order valence-electron chi connectivity index (χ3n) is 5.14. The topological polar surface area (TPSA) is 26.3 Å². The Kier molecular flexibility index (Phi) is 7.21. The Labute approximate surface area is 174 Å². The van der Waals surface area contributed by atoms with Crippen LogP contribution in [0.1, 0.15) is 35.1 Å². The summed E-state index contributed by atoms with van der Waals surface area (Å²) in [4.78, 5) is 12.9. The molecule has 1 saturated carbocycles. The highest BCUT2D eigenvalue weighted by molar-refractivity contribution is 6.10. The van der Waals surface area contributed by atoms with Crippen molar-refractivity contribution in [1.29, 1.82) is 0 Å². The predicted molar refractivity (Wildman–Crippen MR) is 124 cm³/mol. The maximum atomic E-state index is 12.9. The first-order valence-corrected chi connectivity index (χ1v) is 10.0. The third-order valence-corrected chi connectivity index (χ3v) is 5.14. The van der Waals surface area contributed by atoms with E-state index >= 15 is 0 Å². The Morgan fingerprint density at radius 1 is 0.793 bits per heavy atom. The average Bonchev–Trinajstić information content (AvgIpc) is 2.73. The van der Waals surface area contributed by atoms with Gasteiger partial charge in [-0.1, -0.05) is 96.1 Å². The molecule has 3 heteroatoms. The van der Waals surface area contributed by atoms with E-state index in [0.717, 1.165) is 22.3 Å². The second kappa shape index (κ2) is 10.0. The van der Waals surface area contributed by atoms with E-state index in [1.54, 1.807) is 8.05 Å². The van der Waals surface area contributed by atoms with Gasteiger partial charge in [0.15, 0.2) is 5.78 Å². The SMILES string of the molecule is BOC1C/C(=C\C=C\c2ccc(C)cc2)C(=O)/C(=C/C=C/c2ccc(C)cc2)C1. The van der Waals surface area contributed by atoms with Crippen LogP contribution in [0.25, 0.3) is 12.2 Å². The van der Waals surface area contributed by atoms with Crippen LogP contribution in [0.2, 0.25) is 0 Å². The van der Waals surface area contributed by atoms with Gasteiger partial charge in [-0.25, -0.2) is 0 Å². The van der Waals surface area contributed by atoms with E-state index in [0.29, 0.717) is 12.8 Å². The normalized spacial score (nSPS) is 20.3. The van der Waals surface area contributed by atoms with Crippen LogP contribution in [-0.4, -0.2) is 19.9 Å². The minimum absolute atomic E-state index is 0.0331. The van der Waals surface area contributed by atoms with E-state index < -0.39 is 0 Å². The Bertz CT molecular complexity index is 883. The minimum Gasteiger partial charge on any atom is -0.441 e. The lowest BCUT2D eigenvalue weighted by molar-refractivity contribution is -0.113. The first-order chi connectivity index (χ1) is 14.0. The summed E-state index contributed by atoms with van der Waals surface area (Å²) in [5, 5.41) is 0. The standard InChI is InChI=1S/C26H27BO2/c1-19-9-13-21(14-10-19)5-3-7-23-17-25(29-27)18-24(26(23)28)8-4-6-22-15-11-20(2)12-16-22/h3-16,25H,17-18,27H2,1-2H3/b5-3+,6-4+,23-7+,24-8+. The monoisotopic (exact) mass is 382 g/mol. The summed E-state index contributed by atoms with van der Waals surface area (Å²) >= 11 is 0. The van der Waals surface area contributed by atoms with Crippen LogP contribution >= 0.6 is 0 Å². The van der Waals surface area contributed by atoms with Crippen molar-refractivity contribution in [2.75, 3.05) is 0 Å². The van der Waals surface area contributed by atoms with Gasteiger partial charge in [-0.3, -0.25) is 4.79 Å². The third kappa shape index (κ3) is 6.03. The van der Waals surface area contributed by atoms with Gasteiger partial charge in [-0.05, 0) is 25.0 Å². The van der Waals surface area contributed by atoms with E-state index in [-0.39, 0.29) is 11.9 Å². The molecule has 1 fully saturated rings. The van der Waals surface area contributed by atoms with Gasteiger partial charge in [0.05, 0.1) is 0 Å². The first-order valence-electron chi connectivity index (χ1n) is 10.0. The molecule has 0 unspecified atom stereocenters. The largest absolute Gasteiger partial charge is 0.441 e. The van der Waals surface area contributed by atoms with Crippen LogP contribution < -0.4 is 0 Å². The molecular weight excluding hydrogens is 355 g/mol. The molecule has 2 aromatic rings. The Balaban J connectivity index is 1.75. The van der Waals surface area contributed by atoms with E-state index in [9.17, 15) is 4.79 Å². The lowest BCUT2D eigenvalue weighted by Gasteiger charge is -2.24. The molecule has 0 aliphatic heterocycles. The van der Waals surface area contributed by atoms with Crippen molar-refractivity contribution in [3.8, 4) is 0 Å². The first kappa shape index (κ1) is 20.8. The number of hydrogen-bond donors (Lipinski definition) is 0. The van der Waals surface area contributed by atoms with Crippen molar-refractivity contribution in [2.45, 2.75) is 32.8 Å². The van der Waals surface area contributed by atoms with Gasteiger partial charge in [0.2, 0.25) is 0 Å². The zero-order chi connectivity index (χ0) is 20.6. The molecule has 0 saturated heterocycles. The molecule has 0 radical (unpaired) electrons. The van der Waals surface area contributed by atoms with Crippen molar-refractivity contribution < 1.29 is 9.45 Å². The Morgan fingerprint density at radius 3 is 1.59 bits per heavy atom. The molecule has 2 aromatic carbocycles. The predicted octanol–water partition coefficient (Wildman–Crippen LogP) is 5.18. The quantitative estimate of drug-likeness (QED) is 0.526. The summed E-state index contributed by atoms with van der Waals surface area (Å²) in [5.74, 6) is 0.111. The van der Waals surface area contributed by atoms with Crippen LogP contribution in [0.5, 0.6) is 0 Å². The Hall–Kier alpha value is -2.91. The summed E-state index contributed by atoms with van der Waals surface area (Å²) in [6, 6.07) is 16.6. The zero-order valence-electron chi connectivity index (χ0n) is 17.4. The van der Waals surface area contributed by atoms with Gasteiger partial charge >= 0.3 is 0 Å². The number of ketones is 1. The van der Waals surface area contributed by atoms with Crippen LogP contribution in [0, 0.1) is 13.8 Å². The molecule has 146 valence electrons. The minimum atomic E-state index is 0.0331. The van der Waals surface area contributed by atoms with Gasteiger partial charge in [0, 0.05) is 30.1 Å². The molecule has 0 bridgehead atoms. The van der Waals surface area contributed by atoms with Gasteiger partial charge in [0.25, 0.3) is 8.05 Å². The molecule has 1 aliphatic carbocycles. The van der Waals surface area contributed by atoms with E-state index in [1.807, 2.05) is 36.5 Å². The fraction of sp³-hybridized carbons (Fsp3) is 0.192. The number of Topliss-reactive ketones (excluding diaryl/α,β-unsaturated/α-hetero) is 1. The van der Waals surface area contributed by atoms with Gasteiger partial charge in [-0.15, -0.1) is 0 Å². The molecule has 0 atom stereocenters. The van der Waals surface area contributed by atoms with Crippen molar-refractivity contribution in [3.05, 3.63) is 106 Å². The smallest absolute Gasteiger partial charge is 0.257 e. The van der Waals surface area contributed by atoms with Crippen molar-refractivity contribution in [3.63, 3.8) is 0 Å². The fourth-order valence-corrected chi connectivity index (χ4v) is 3.31. The van der Waals surface area contributed by atoms with Crippen LogP contribution in [0.3, 0.4) is 0 Å². The summed E-state index contributed by atoms with van der Waals surface area (Å²) in [6.45, 7) is 4.14. The molecule has 0 heterocycles. The number of benzene rings is 2. The number of carbonyl (C=O) groups is 1. The van der Waals surface area contributed by atoms with Gasteiger partial charge < -0.3 is 4.65 Å². The lowest BCUT2D eigenvalue weighted by Crippen LogP contribution is -2.25. The van der Waals surface area contributed by atoms with Crippen LogP contribution in [0.4, 0.5) is 0 Å². The second-order valence-corrected chi connectivity index (χ2v) is 7.52. The molecular formula is C26H27BO2. The number of hydrogen-bond acceptors (Lipinski definition) is 2. The molecule has 2 nitrogen and oxygen atoms in total. The average molecular weight is 382 g/mol. The molecule has 0 spiro atoms. The van der Waals surface area contributed by atoms with Crippen molar-refractivity contribution in [1.82, 2.24) is 0 Å².